The molecule has 3 rings (SSSR count). The van der Waals surface area contributed by atoms with Crippen molar-refractivity contribution in [3.05, 3.63) is 32.6 Å². The molecular weight excluding hydrogens is 522 g/mol. The zero-order chi connectivity index (χ0) is 26.3. The van der Waals surface area contributed by atoms with E-state index in [1.165, 1.54) is 20.0 Å². The molecule has 19 heteroatoms. The van der Waals surface area contributed by atoms with E-state index < -0.39 is 82.3 Å². The second-order valence-electron chi connectivity index (χ2n) is 7.83. The van der Waals surface area contributed by atoms with Crippen molar-refractivity contribution in [2.45, 2.75) is 63.3 Å². The molecule has 0 amide bonds. The van der Waals surface area contributed by atoms with Crippen molar-refractivity contribution in [2.75, 3.05) is 6.61 Å². The van der Waals surface area contributed by atoms with Gasteiger partial charge in [0.15, 0.2) is 11.9 Å². The molecule has 0 aromatic carbocycles. The minimum Gasteiger partial charge on any atom is -0.390 e. The summed E-state index contributed by atoms with van der Waals surface area (Å²) in [6.45, 7) is 1.80. The second kappa shape index (κ2) is 10.4. The highest BCUT2D eigenvalue weighted by Gasteiger charge is 2.47. The molecule has 9 atom stereocenters. The van der Waals surface area contributed by atoms with Gasteiger partial charge in [-0.15, -0.1) is 0 Å². The molecule has 2 fully saturated rings. The van der Waals surface area contributed by atoms with Crippen LogP contribution in [-0.4, -0.2) is 83.9 Å². The van der Waals surface area contributed by atoms with Gasteiger partial charge in [0.25, 0.3) is 5.56 Å². The fourth-order valence-corrected chi connectivity index (χ4v) is 5.44. The van der Waals surface area contributed by atoms with Crippen molar-refractivity contribution in [1.29, 1.82) is 0 Å². The lowest BCUT2D eigenvalue weighted by Gasteiger charge is -2.34. The van der Waals surface area contributed by atoms with E-state index in [9.17, 15) is 48.6 Å². The number of aliphatic hydroxyl groups is 3. The quantitative estimate of drug-likeness (QED) is 0.189. The molecule has 198 valence electrons. The van der Waals surface area contributed by atoms with Gasteiger partial charge in [-0.3, -0.25) is 28.2 Å². The Morgan fingerprint density at radius 2 is 1.77 bits per heavy atom. The zero-order valence-corrected chi connectivity index (χ0v) is 20.0. The van der Waals surface area contributed by atoms with E-state index in [1.807, 2.05) is 0 Å². The number of nitrogens with one attached hydrogen (secondary N) is 1. The first-order valence-electron chi connectivity index (χ1n) is 10.0. The number of hydrogen-bond acceptors (Lipinski definition) is 13. The van der Waals surface area contributed by atoms with Gasteiger partial charge in [-0.25, -0.2) is 13.9 Å². The fraction of sp³-hybridized carbons (Fsp3) is 0.688. The first-order chi connectivity index (χ1) is 16.1. The number of phosphoric acid groups is 2. The number of aliphatic hydroxyl groups excluding tert-OH is 3. The van der Waals surface area contributed by atoms with Crippen LogP contribution in [0.15, 0.2) is 15.8 Å². The number of carbonyl (C=O) groups is 1. The molecule has 3 heterocycles. The highest BCUT2D eigenvalue weighted by atomic mass is 31.3. The summed E-state index contributed by atoms with van der Waals surface area (Å²) < 4.78 is 48.7. The van der Waals surface area contributed by atoms with Crippen molar-refractivity contribution >= 4 is 21.4 Å². The number of carbonyl (C=O) groups excluding carboxylic acids is 1. The van der Waals surface area contributed by atoms with Gasteiger partial charge in [-0.1, -0.05) is 0 Å². The Bertz CT molecular complexity index is 1170. The molecule has 1 aromatic rings. The molecule has 2 aliphatic heterocycles. The van der Waals surface area contributed by atoms with Crippen LogP contribution in [0.4, 0.5) is 0 Å². The Morgan fingerprint density at radius 1 is 1.11 bits per heavy atom. The third-order valence-electron chi connectivity index (χ3n) is 5.14. The van der Waals surface area contributed by atoms with E-state index in [0.29, 0.717) is 0 Å². The standard InChI is InChI=1S/C16H24N2O15P2/c1-6-4-18(16(24)17-14(6)23)10-3-8(19)9(31-10)5-29-34(25,26)33-35(27,28)32-15-13(22)12(21)11(20)7(2)30-15/h4,7-11,13,15,19-20,22H,3,5H2,1-2H3,(H,25,26)(H,27,28)(H,17,23,24)/t7-,8+,9-,10-,11+,13-,15-/m1/s1. The molecule has 1 aromatic heterocycles. The Labute approximate surface area is 196 Å². The summed E-state index contributed by atoms with van der Waals surface area (Å²) in [5, 5.41) is 29.4. The number of Topliss-reactive ketones (excluding diaryl/α,β-unsaturated/α-hetero) is 1. The highest BCUT2D eigenvalue weighted by molar-refractivity contribution is 7.61. The smallest absolute Gasteiger partial charge is 0.390 e. The molecule has 17 nitrogen and oxygen atoms in total. The van der Waals surface area contributed by atoms with Crippen LogP contribution in [0.2, 0.25) is 0 Å². The van der Waals surface area contributed by atoms with Crippen molar-refractivity contribution in [3.63, 3.8) is 0 Å². The Balaban J connectivity index is 1.59. The number of H-pyrrole nitrogens is 1. The summed E-state index contributed by atoms with van der Waals surface area (Å²) in [6, 6.07) is 0. The molecular formula is C16H24N2O15P2. The van der Waals surface area contributed by atoms with E-state index in [2.05, 4.69) is 18.3 Å². The van der Waals surface area contributed by atoms with Gasteiger partial charge in [0, 0.05) is 18.2 Å². The number of ether oxygens (including phenoxy) is 2. The minimum atomic E-state index is -5.49. The van der Waals surface area contributed by atoms with Crippen molar-refractivity contribution in [1.82, 2.24) is 9.55 Å². The molecule has 0 radical (unpaired) electrons. The number of rotatable bonds is 8. The molecule has 2 unspecified atom stereocenters. The van der Waals surface area contributed by atoms with E-state index in [-0.39, 0.29) is 12.0 Å². The van der Waals surface area contributed by atoms with Gasteiger partial charge in [-0.2, -0.15) is 4.31 Å². The Hall–Kier alpha value is -1.59. The van der Waals surface area contributed by atoms with Gasteiger partial charge < -0.3 is 34.6 Å². The lowest BCUT2D eigenvalue weighted by molar-refractivity contribution is -0.223. The number of ketones is 1. The monoisotopic (exact) mass is 546 g/mol. The van der Waals surface area contributed by atoms with Gasteiger partial charge in [-0.05, 0) is 13.8 Å². The summed E-state index contributed by atoms with van der Waals surface area (Å²) in [5.41, 5.74) is -1.24. The van der Waals surface area contributed by atoms with Gasteiger partial charge >= 0.3 is 21.3 Å². The summed E-state index contributed by atoms with van der Waals surface area (Å²) in [6.07, 6.45) is -9.87. The number of aromatic nitrogens is 2. The number of hydrogen-bond donors (Lipinski definition) is 6. The first-order valence-corrected chi connectivity index (χ1v) is 13.0. The van der Waals surface area contributed by atoms with Crippen molar-refractivity contribution < 1.29 is 61.9 Å². The van der Waals surface area contributed by atoms with E-state index >= 15 is 0 Å². The molecule has 2 aliphatic rings. The maximum absolute atomic E-state index is 12.1. The normalized spacial score (nSPS) is 34.9. The first kappa shape index (κ1) is 28.0. The maximum Gasteiger partial charge on any atom is 0.483 e. The van der Waals surface area contributed by atoms with Crippen LogP contribution in [0.25, 0.3) is 0 Å². The van der Waals surface area contributed by atoms with Crippen LogP contribution in [-0.2, 0) is 36.8 Å². The Morgan fingerprint density at radius 3 is 2.43 bits per heavy atom. The van der Waals surface area contributed by atoms with Crippen LogP contribution in [0.5, 0.6) is 0 Å². The van der Waals surface area contributed by atoms with Gasteiger partial charge in [0.1, 0.15) is 18.4 Å². The van der Waals surface area contributed by atoms with Crippen molar-refractivity contribution in [3.8, 4) is 0 Å². The lowest BCUT2D eigenvalue weighted by Crippen LogP contribution is -2.54. The average molecular weight is 546 g/mol. The molecule has 35 heavy (non-hydrogen) atoms. The number of nitrogens with zero attached hydrogens (tertiary/aromatic N) is 1. The van der Waals surface area contributed by atoms with E-state index in [1.54, 1.807) is 0 Å². The van der Waals surface area contributed by atoms with Crippen LogP contribution in [0, 0.1) is 6.92 Å². The molecule has 0 aliphatic carbocycles. The van der Waals surface area contributed by atoms with Crippen LogP contribution in [0.3, 0.4) is 0 Å². The maximum atomic E-state index is 12.1. The second-order valence-corrected chi connectivity index (χ2v) is 10.8. The van der Waals surface area contributed by atoms with E-state index in [0.717, 1.165) is 4.57 Å². The summed E-state index contributed by atoms with van der Waals surface area (Å²) >= 11 is 0. The average Bonchev–Trinajstić information content (AvgIpc) is 3.11. The highest BCUT2D eigenvalue weighted by Crippen LogP contribution is 2.61. The van der Waals surface area contributed by atoms with Gasteiger partial charge in [0.05, 0.1) is 18.8 Å². The minimum absolute atomic E-state index is 0.160. The zero-order valence-electron chi connectivity index (χ0n) is 18.2. The van der Waals surface area contributed by atoms with E-state index in [4.69, 9.17) is 9.47 Å². The summed E-state index contributed by atoms with van der Waals surface area (Å²) in [5.74, 6) is -1.17. The molecule has 0 bridgehead atoms. The molecule has 6 N–H and O–H groups in total. The molecule has 0 saturated carbocycles. The lowest BCUT2D eigenvalue weighted by atomic mass is 10.0. The molecule has 2 saturated heterocycles. The van der Waals surface area contributed by atoms with Crippen LogP contribution in [0.1, 0.15) is 25.1 Å². The van der Waals surface area contributed by atoms with Gasteiger partial charge in [0.2, 0.25) is 6.29 Å². The number of aryl methyl sites for hydroxylation is 1. The van der Waals surface area contributed by atoms with Crippen LogP contribution >= 0.6 is 15.6 Å². The third kappa shape index (κ3) is 6.60. The summed E-state index contributed by atoms with van der Waals surface area (Å²) in [7, 11) is -10.8. The summed E-state index contributed by atoms with van der Waals surface area (Å²) in [4.78, 5) is 56.8. The SMILES string of the molecule is Cc1cn([C@H]2C[C@H](O)[C@@H](COP(=O)(O)OP(=O)(O)O[C@H]3O[C@H](C)[C@H](O)C(=O)[C@H]3O)O2)c(=O)[nH]c1=O. The van der Waals surface area contributed by atoms with Crippen molar-refractivity contribution in [2.24, 2.45) is 0 Å². The molecule has 0 spiro atoms. The topological polar surface area (TPSA) is 253 Å². The predicted octanol–water partition coefficient (Wildman–Crippen LogP) is -2.22. The number of aromatic amines is 1. The number of phosphoric ester groups is 2. The largest absolute Gasteiger partial charge is 0.483 e. The fourth-order valence-electron chi connectivity index (χ4n) is 3.29. The van der Waals surface area contributed by atoms with Crippen LogP contribution < -0.4 is 11.2 Å². The third-order valence-corrected chi connectivity index (χ3v) is 7.74. The Kier molecular flexibility index (Phi) is 8.33. The predicted molar refractivity (Wildman–Crippen MR) is 110 cm³/mol.